The van der Waals surface area contributed by atoms with Crippen LogP contribution in [0.3, 0.4) is 0 Å². The van der Waals surface area contributed by atoms with Crippen LogP contribution in [0.25, 0.3) is 10.8 Å². The van der Waals surface area contributed by atoms with Crippen LogP contribution in [-0.4, -0.2) is 47.8 Å². The number of hydrogen-bond donors (Lipinski definition) is 0. The minimum Gasteiger partial charge on any atom is -0.304 e. The van der Waals surface area contributed by atoms with Gasteiger partial charge in [0.1, 0.15) is 0 Å². The fourth-order valence-electron chi connectivity index (χ4n) is 3.73. The van der Waals surface area contributed by atoms with Gasteiger partial charge in [-0.2, -0.15) is 0 Å². The maximum Gasteiger partial charge on any atom is 0.261 e. The van der Waals surface area contributed by atoms with E-state index in [2.05, 4.69) is 4.90 Å². The minimum absolute atomic E-state index is 0.0256. The summed E-state index contributed by atoms with van der Waals surface area (Å²) in [5.41, 5.74) is 1.31. The Hall–Kier alpha value is -2.20. The molecule has 0 bridgehead atoms. The number of likely N-dealkylation sites (N-methyl/N-ethyl adjacent to an activating group) is 1. The van der Waals surface area contributed by atoms with E-state index in [4.69, 9.17) is 0 Å². The molecule has 4 rings (SSSR count). The average molecular weight is 294 g/mol. The molecule has 1 fully saturated rings. The molecule has 2 aromatic rings. The van der Waals surface area contributed by atoms with Crippen molar-refractivity contribution < 1.29 is 9.59 Å². The molecule has 4 heteroatoms. The van der Waals surface area contributed by atoms with Crippen molar-refractivity contribution in [2.24, 2.45) is 0 Å². The van der Waals surface area contributed by atoms with Crippen molar-refractivity contribution in [3.8, 4) is 0 Å². The van der Waals surface area contributed by atoms with Crippen molar-refractivity contribution >= 4 is 22.6 Å². The lowest BCUT2D eigenvalue weighted by atomic mass is 9.92. The Labute approximate surface area is 129 Å². The topological polar surface area (TPSA) is 40.6 Å². The van der Waals surface area contributed by atoms with Gasteiger partial charge in [-0.05, 0) is 44.0 Å². The zero-order valence-electron chi connectivity index (χ0n) is 12.6. The SMILES string of the molecule is CN1CCC[C@@H](N2C(=O)c3cccc4cccc(c34)C2=O)C1. The van der Waals surface area contributed by atoms with Gasteiger partial charge < -0.3 is 4.90 Å². The lowest BCUT2D eigenvalue weighted by molar-refractivity contribution is 0.0458. The number of benzene rings is 2. The van der Waals surface area contributed by atoms with Gasteiger partial charge in [-0.1, -0.05) is 24.3 Å². The first-order valence-electron chi connectivity index (χ1n) is 7.75. The number of carbonyl (C=O) groups excluding carboxylic acids is 2. The second-order valence-electron chi connectivity index (χ2n) is 6.25. The van der Waals surface area contributed by atoms with Crippen LogP contribution in [0.4, 0.5) is 0 Å². The van der Waals surface area contributed by atoms with E-state index in [1.165, 1.54) is 4.90 Å². The molecule has 0 aromatic heterocycles. The quantitative estimate of drug-likeness (QED) is 0.759. The molecule has 1 atom stereocenters. The predicted octanol–water partition coefficient (Wildman–Crippen LogP) is 2.53. The third kappa shape index (κ3) is 1.87. The summed E-state index contributed by atoms with van der Waals surface area (Å²) in [7, 11) is 2.04. The first-order valence-corrected chi connectivity index (χ1v) is 7.75. The monoisotopic (exact) mass is 294 g/mol. The van der Waals surface area contributed by atoms with Gasteiger partial charge in [0.25, 0.3) is 11.8 Å². The summed E-state index contributed by atoms with van der Waals surface area (Å²) in [5.74, 6) is -0.288. The molecule has 0 unspecified atom stereocenters. The van der Waals surface area contributed by atoms with E-state index in [1.807, 2.05) is 43.4 Å². The highest BCUT2D eigenvalue weighted by Gasteiger charge is 2.38. The summed E-state index contributed by atoms with van der Waals surface area (Å²) < 4.78 is 0. The molecule has 22 heavy (non-hydrogen) atoms. The molecule has 0 spiro atoms. The number of piperidine rings is 1. The summed E-state index contributed by atoms with van der Waals surface area (Å²) in [4.78, 5) is 29.5. The standard InChI is InChI=1S/C18H18N2O2/c1-19-10-4-7-13(11-19)20-17(21)14-8-2-5-12-6-3-9-15(16(12)14)18(20)22/h2-3,5-6,8-9,13H,4,7,10-11H2,1H3/t13-/m1/s1. The molecule has 1 saturated heterocycles. The van der Waals surface area contributed by atoms with Crippen LogP contribution in [0.1, 0.15) is 33.6 Å². The van der Waals surface area contributed by atoms with Gasteiger partial charge in [0.05, 0.1) is 6.04 Å². The van der Waals surface area contributed by atoms with E-state index in [-0.39, 0.29) is 17.9 Å². The second kappa shape index (κ2) is 4.92. The molecule has 0 aliphatic carbocycles. The maximum absolute atomic E-state index is 12.9. The van der Waals surface area contributed by atoms with Crippen LogP contribution < -0.4 is 0 Å². The van der Waals surface area contributed by atoms with Crippen LogP contribution in [0.5, 0.6) is 0 Å². The van der Waals surface area contributed by atoms with Gasteiger partial charge >= 0.3 is 0 Å². The smallest absolute Gasteiger partial charge is 0.261 e. The van der Waals surface area contributed by atoms with Crippen LogP contribution in [0.15, 0.2) is 36.4 Å². The molecule has 4 nitrogen and oxygen atoms in total. The van der Waals surface area contributed by atoms with Crippen LogP contribution in [-0.2, 0) is 0 Å². The number of nitrogens with zero attached hydrogens (tertiary/aromatic N) is 2. The van der Waals surface area contributed by atoms with Gasteiger partial charge in [0.2, 0.25) is 0 Å². The van der Waals surface area contributed by atoms with Crippen LogP contribution in [0.2, 0.25) is 0 Å². The number of likely N-dealkylation sites (tertiary alicyclic amines) is 1. The Kier molecular flexibility index (Phi) is 3.01. The number of hydrogen-bond acceptors (Lipinski definition) is 3. The van der Waals surface area contributed by atoms with Crippen LogP contribution >= 0.6 is 0 Å². The fourth-order valence-corrected chi connectivity index (χ4v) is 3.73. The molecule has 0 radical (unpaired) electrons. The molecule has 112 valence electrons. The normalized spacial score (nSPS) is 22.4. The van der Waals surface area contributed by atoms with E-state index >= 15 is 0 Å². The summed E-state index contributed by atoms with van der Waals surface area (Å²) in [6, 6.07) is 11.3. The van der Waals surface area contributed by atoms with Gasteiger partial charge in [-0.3, -0.25) is 14.5 Å². The summed E-state index contributed by atoms with van der Waals surface area (Å²) >= 11 is 0. The second-order valence-corrected chi connectivity index (χ2v) is 6.25. The first-order chi connectivity index (χ1) is 10.7. The van der Waals surface area contributed by atoms with Crippen LogP contribution in [0, 0.1) is 0 Å². The molecule has 0 N–H and O–H groups in total. The van der Waals surface area contributed by atoms with Crippen molar-refractivity contribution in [1.29, 1.82) is 0 Å². The van der Waals surface area contributed by atoms with Crippen molar-refractivity contribution in [2.75, 3.05) is 20.1 Å². The Morgan fingerprint density at radius 1 is 1.00 bits per heavy atom. The van der Waals surface area contributed by atoms with E-state index in [0.29, 0.717) is 11.1 Å². The highest BCUT2D eigenvalue weighted by atomic mass is 16.2. The minimum atomic E-state index is -0.144. The zero-order valence-corrected chi connectivity index (χ0v) is 12.6. The van der Waals surface area contributed by atoms with Crippen molar-refractivity contribution in [1.82, 2.24) is 9.80 Å². The molecule has 2 aliphatic heterocycles. The largest absolute Gasteiger partial charge is 0.304 e. The molecule has 0 saturated carbocycles. The van der Waals surface area contributed by atoms with E-state index < -0.39 is 0 Å². The Morgan fingerprint density at radius 2 is 1.64 bits per heavy atom. The first kappa shape index (κ1) is 13.5. The van der Waals surface area contributed by atoms with E-state index in [0.717, 1.165) is 36.7 Å². The number of imide groups is 1. The summed E-state index contributed by atoms with van der Waals surface area (Å²) in [6.07, 6.45) is 1.91. The lowest BCUT2D eigenvalue weighted by Crippen LogP contribution is -2.53. The highest BCUT2D eigenvalue weighted by molar-refractivity contribution is 6.25. The van der Waals surface area contributed by atoms with Crippen molar-refractivity contribution in [3.05, 3.63) is 47.5 Å². The molecular formula is C18H18N2O2. The zero-order chi connectivity index (χ0) is 15.3. The summed E-state index contributed by atoms with van der Waals surface area (Å²) in [6.45, 7) is 1.79. The van der Waals surface area contributed by atoms with E-state index in [9.17, 15) is 9.59 Å². The van der Waals surface area contributed by atoms with Gasteiger partial charge in [-0.15, -0.1) is 0 Å². The number of amides is 2. The lowest BCUT2D eigenvalue weighted by Gasteiger charge is -2.38. The van der Waals surface area contributed by atoms with Crippen molar-refractivity contribution in [2.45, 2.75) is 18.9 Å². The molecule has 2 aliphatic rings. The summed E-state index contributed by atoms with van der Waals surface area (Å²) in [5, 5.41) is 1.76. The third-order valence-corrected chi connectivity index (χ3v) is 4.77. The Balaban J connectivity index is 1.85. The molecule has 2 heterocycles. The fraction of sp³-hybridized carbons (Fsp3) is 0.333. The predicted molar refractivity (Wildman–Crippen MR) is 85.0 cm³/mol. The van der Waals surface area contributed by atoms with Crippen molar-refractivity contribution in [3.63, 3.8) is 0 Å². The molecular weight excluding hydrogens is 276 g/mol. The third-order valence-electron chi connectivity index (χ3n) is 4.77. The molecule has 2 aromatic carbocycles. The number of carbonyl (C=O) groups is 2. The maximum atomic E-state index is 12.9. The molecule has 2 amide bonds. The number of rotatable bonds is 1. The van der Waals surface area contributed by atoms with Gasteiger partial charge in [0, 0.05) is 23.1 Å². The van der Waals surface area contributed by atoms with E-state index in [1.54, 1.807) is 0 Å². The Morgan fingerprint density at radius 3 is 2.23 bits per heavy atom. The Bertz CT molecular complexity index is 733. The van der Waals surface area contributed by atoms with Gasteiger partial charge in [-0.25, -0.2) is 0 Å². The van der Waals surface area contributed by atoms with Gasteiger partial charge in [0.15, 0.2) is 0 Å². The highest BCUT2D eigenvalue weighted by Crippen LogP contribution is 2.32. The average Bonchev–Trinajstić information content (AvgIpc) is 2.53.